The number of halogens is 1. The van der Waals surface area contributed by atoms with Crippen molar-refractivity contribution in [2.24, 2.45) is 0 Å². The van der Waals surface area contributed by atoms with Crippen LogP contribution in [-0.4, -0.2) is 28.6 Å². The van der Waals surface area contributed by atoms with E-state index in [0.717, 1.165) is 29.4 Å². The Bertz CT molecular complexity index is 668. The highest BCUT2D eigenvalue weighted by Crippen LogP contribution is 2.38. The molecule has 2 unspecified atom stereocenters. The molecular formula is C17H18BrNO2S. The second kappa shape index (κ2) is 6.52. The lowest BCUT2D eigenvalue weighted by molar-refractivity contribution is -0.142. The Morgan fingerprint density at radius 3 is 2.64 bits per heavy atom. The molecule has 116 valence electrons. The van der Waals surface area contributed by atoms with Gasteiger partial charge in [0, 0.05) is 20.8 Å². The first-order valence-corrected chi connectivity index (χ1v) is 8.97. The van der Waals surface area contributed by atoms with Gasteiger partial charge in [0.2, 0.25) is 0 Å². The number of carboxylic acids is 1. The molecule has 22 heavy (non-hydrogen) atoms. The van der Waals surface area contributed by atoms with Crippen LogP contribution in [0, 0.1) is 6.92 Å². The highest BCUT2D eigenvalue weighted by Gasteiger charge is 2.37. The summed E-state index contributed by atoms with van der Waals surface area (Å²) >= 11 is 5.22. The molecule has 3 nitrogen and oxygen atoms in total. The number of hydrogen-bond donors (Lipinski definition) is 1. The maximum atomic E-state index is 11.6. The van der Waals surface area contributed by atoms with Gasteiger partial charge in [-0.25, -0.2) is 0 Å². The molecule has 3 rings (SSSR count). The fourth-order valence-corrected chi connectivity index (χ4v) is 4.42. The highest BCUT2D eigenvalue weighted by molar-refractivity contribution is 9.10. The molecule has 1 aromatic heterocycles. The van der Waals surface area contributed by atoms with Crippen molar-refractivity contribution in [3.05, 3.63) is 56.2 Å². The molecule has 2 aromatic rings. The Morgan fingerprint density at radius 2 is 2.05 bits per heavy atom. The lowest BCUT2D eigenvalue weighted by Crippen LogP contribution is -2.38. The van der Waals surface area contributed by atoms with Crippen LogP contribution in [0.5, 0.6) is 0 Å². The van der Waals surface area contributed by atoms with Crippen molar-refractivity contribution in [3.8, 4) is 0 Å². The molecule has 0 bridgehead atoms. The van der Waals surface area contributed by atoms with E-state index in [-0.39, 0.29) is 6.04 Å². The number of hydrogen-bond acceptors (Lipinski definition) is 3. The van der Waals surface area contributed by atoms with E-state index in [1.807, 2.05) is 12.1 Å². The lowest BCUT2D eigenvalue weighted by Gasteiger charge is -2.31. The van der Waals surface area contributed by atoms with E-state index in [4.69, 9.17) is 0 Å². The summed E-state index contributed by atoms with van der Waals surface area (Å²) in [6.45, 7) is 2.92. The molecular weight excluding hydrogens is 362 g/mol. The largest absolute Gasteiger partial charge is 0.480 e. The second-order valence-corrected chi connectivity index (χ2v) is 7.87. The fourth-order valence-electron chi connectivity index (χ4n) is 3.13. The molecule has 0 aliphatic carbocycles. The number of rotatable bonds is 4. The van der Waals surface area contributed by atoms with Crippen molar-refractivity contribution in [2.75, 3.05) is 6.54 Å². The van der Waals surface area contributed by atoms with E-state index in [9.17, 15) is 9.90 Å². The maximum Gasteiger partial charge on any atom is 0.320 e. The standard InChI is InChI=1S/C17H18BrNO2S/c1-11-4-9-15(22-11)16(12-5-7-13(18)8-6-12)19-10-2-3-14(19)17(20)21/h4-9,14,16H,2-3,10H2,1H3,(H,20,21). The van der Waals surface area contributed by atoms with E-state index in [1.54, 1.807) is 11.3 Å². The van der Waals surface area contributed by atoms with Crippen molar-refractivity contribution in [3.63, 3.8) is 0 Å². The van der Waals surface area contributed by atoms with Crippen LogP contribution < -0.4 is 0 Å². The molecule has 2 heterocycles. The Morgan fingerprint density at radius 1 is 1.32 bits per heavy atom. The number of nitrogens with zero attached hydrogens (tertiary/aromatic N) is 1. The first kappa shape index (κ1) is 15.7. The van der Waals surface area contributed by atoms with Gasteiger partial charge in [0.05, 0.1) is 6.04 Å². The molecule has 0 radical (unpaired) electrons. The predicted molar refractivity (Wildman–Crippen MR) is 92.4 cm³/mol. The van der Waals surface area contributed by atoms with Crippen LogP contribution in [0.4, 0.5) is 0 Å². The molecule has 5 heteroatoms. The SMILES string of the molecule is Cc1ccc(C(c2ccc(Br)cc2)N2CCCC2C(=O)O)s1. The van der Waals surface area contributed by atoms with Crippen molar-refractivity contribution in [1.82, 2.24) is 4.90 Å². The van der Waals surface area contributed by atoms with Crippen LogP contribution in [-0.2, 0) is 4.79 Å². The smallest absolute Gasteiger partial charge is 0.320 e. The number of likely N-dealkylation sites (tertiary alicyclic amines) is 1. The minimum atomic E-state index is -0.715. The van der Waals surface area contributed by atoms with Crippen LogP contribution in [0.1, 0.15) is 34.2 Å². The number of carboxylic acid groups (broad SMARTS) is 1. The van der Waals surface area contributed by atoms with E-state index >= 15 is 0 Å². The van der Waals surface area contributed by atoms with Gasteiger partial charge in [-0.2, -0.15) is 0 Å². The van der Waals surface area contributed by atoms with Crippen LogP contribution in [0.15, 0.2) is 40.9 Å². The fraction of sp³-hybridized carbons (Fsp3) is 0.353. The Balaban J connectivity index is 2.03. The third kappa shape index (κ3) is 3.12. The molecule has 1 aliphatic rings. The summed E-state index contributed by atoms with van der Waals surface area (Å²) in [6, 6.07) is 12.1. The van der Waals surface area contributed by atoms with Crippen LogP contribution >= 0.6 is 27.3 Å². The van der Waals surface area contributed by atoms with Crippen LogP contribution in [0.2, 0.25) is 0 Å². The van der Waals surface area contributed by atoms with Gasteiger partial charge in [-0.1, -0.05) is 28.1 Å². The molecule has 0 spiro atoms. The number of thiophene rings is 1. The molecule has 1 saturated heterocycles. The average Bonchev–Trinajstić information content (AvgIpc) is 3.11. The van der Waals surface area contributed by atoms with E-state index < -0.39 is 12.0 Å². The zero-order chi connectivity index (χ0) is 15.7. The summed E-state index contributed by atoms with van der Waals surface area (Å²) in [5.74, 6) is -0.715. The van der Waals surface area contributed by atoms with Gasteiger partial charge in [0.15, 0.2) is 0 Å². The van der Waals surface area contributed by atoms with Crippen molar-refractivity contribution >= 4 is 33.2 Å². The number of benzene rings is 1. The van der Waals surface area contributed by atoms with E-state index in [1.165, 1.54) is 9.75 Å². The summed E-state index contributed by atoms with van der Waals surface area (Å²) in [7, 11) is 0. The summed E-state index contributed by atoms with van der Waals surface area (Å²) in [5, 5.41) is 9.53. The zero-order valence-electron chi connectivity index (χ0n) is 12.3. The highest BCUT2D eigenvalue weighted by atomic mass is 79.9. The van der Waals surface area contributed by atoms with Gasteiger partial charge in [-0.3, -0.25) is 9.69 Å². The Kier molecular flexibility index (Phi) is 4.66. The van der Waals surface area contributed by atoms with Crippen LogP contribution in [0.25, 0.3) is 0 Å². The van der Waals surface area contributed by atoms with Gasteiger partial charge in [0.1, 0.15) is 6.04 Å². The summed E-state index contributed by atoms with van der Waals surface area (Å²) in [6.07, 6.45) is 1.67. The van der Waals surface area contributed by atoms with E-state index in [0.29, 0.717) is 0 Å². The minimum absolute atomic E-state index is 0.0235. The number of aryl methyl sites for hydroxylation is 1. The van der Waals surface area contributed by atoms with Gasteiger partial charge in [0.25, 0.3) is 0 Å². The van der Waals surface area contributed by atoms with Gasteiger partial charge >= 0.3 is 5.97 Å². The van der Waals surface area contributed by atoms with Gasteiger partial charge in [-0.05, 0) is 49.6 Å². The normalized spacial score (nSPS) is 20.2. The quantitative estimate of drug-likeness (QED) is 0.852. The van der Waals surface area contributed by atoms with Crippen molar-refractivity contribution in [2.45, 2.75) is 31.8 Å². The monoisotopic (exact) mass is 379 g/mol. The maximum absolute atomic E-state index is 11.6. The predicted octanol–water partition coefficient (Wildman–Crippen LogP) is 4.46. The van der Waals surface area contributed by atoms with Crippen LogP contribution in [0.3, 0.4) is 0 Å². The first-order valence-electron chi connectivity index (χ1n) is 7.36. The lowest BCUT2D eigenvalue weighted by atomic mass is 10.0. The Hall–Kier alpha value is -1.17. The molecule has 0 saturated carbocycles. The molecule has 1 fully saturated rings. The minimum Gasteiger partial charge on any atom is -0.480 e. The Labute approximate surface area is 142 Å². The second-order valence-electron chi connectivity index (χ2n) is 5.64. The average molecular weight is 380 g/mol. The number of aliphatic carboxylic acids is 1. The van der Waals surface area contributed by atoms with Gasteiger partial charge < -0.3 is 5.11 Å². The van der Waals surface area contributed by atoms with Crippen molar-refractivity contribution in [1.29, 1.82) is 0 Å². The first-order chi connectivity index (χ1) is 10.6. The summed E-state index contributed by atoms with van der Waals surface area (Å²) in [4.78, 5) is 16.2. The molecule has 1 aliphatic heterocycles. The van der Waals surface area contributed by atoms with Crippen molar-refractivity contribution < 1.29 is 9.90 Å². The van der Waals surface area contributed by atoms with E-state index in [2.05, 4.69) is 52.0 Å². The van der Waals surface area contributed by atoms with Gasteiger partial charge in [-0.15, -0.1) is 11.3 Å². The third-order valence-corrected chi connectivity index (χ3v) is 5.71. The number of carbonyl (C=O) groups is 1. The molecule has 0 amide bonds. The summed E-state index contributed by atoms with van der Waals surface area (Å²) in [5.41, 5.74) is 1.15. The summed E-state index contributed by atoms with van der Waals surface area (Å²) < 4.78 is 1.04. The molecule has 1 N–H and O–H groups in total. The molecule has 1 aromatic carbocycles. The molecule has 2 atom stereocenters. The zero-order valence-corrected chi connectivity index (χ0v) is 14.7. The topological polar surface area (TPSA) is 40.5 Å². The third-order valence-electron chi connectivity index (χ3n) is 4.13.